The van der Waals surface area contributed by atoms with Gasteiger partial charge in [0.15, 0.2) is 5.11 Å². The number of carbonyl (C=O) groups excluding carboxylic acids is 2. The smallest absolute Gasteiger partial charge is 0.257 e. The Balaban J connectivity index is 1.73. The number of unbranched alkanes of at least 4 members (excludes halogenated alkanes) is 1. The molecule has 0 aromatic heterocycles. The van der Waals surface area contributed by atoms with Crippen LogP contribution in [0.3, 0.4) is 0 Å². The highest BCUT2D eigenvalue weighted by atomic mass is 35.5. The predicted molar refractivity (Wildman–Crippen MR) is 132 cm³/mol. The highest BCUT2D eigenvalue weighted by molar-refractivity contribution is 7.80. The number of carbonyl (C=O) groups is 2. The zero-order valence-corrected chi connectivity index (χ0v) is 19.5. The molecule has 1 heterocycles. The highest BCUT2D eigenvalue weighted by Crippen LogP contribution is 2.28. The van der Waals surface area contributed by atoms with Crippen LogP contribution >= 0.6 is 23.8 Å². The maximum Gasteiger partial charge on any atom is 0.257 e. The number of hydrogen-bond donors (Lipinski definition) is 1. The van der Waals surface area contributed by atoms with Gasteiger partial charge in [0.1, 0.15) is 11.8 Å². The second kappa shape index (κ2) is 11.1. The minimum atomic E-state index is -0.715. The van der Waals surface area contributed by atoms with Crippen LogP contribution in [-0.4, -0.2) is 41.0 Å². The molecule has 3 rings (SSSR count). The lowest BCUT2D eigenvalue weighted by atomic mass is 10.2. The van der Waals surface area contributed by atoms with Gasteiger partial charge in [0.2, 0.25) is 5.91 Å². The van der Waals surface area contributed by atoms with E-state index in [0.717, 1.165) is 18.5 Å². The molecule has 168 valence electrons. The standard InChI is InChI=1S/C24H26ClN3O3S/c1-3-5-15-31-20-12-10-19(11-13-20)28-22(29)16-21(23(28)30)27(14-4-2)24(32)26-18-8-6-17(25)7-9-18/h4,6-13,21H,2-3,5,14-16H2,1H3,(H,26,32)/t21-/m1/s1. The first-order valence-corrected chi connectivity index (χ1v) is 11.3. The molecule has 0 aliphatic carbocycles. The van der Waals surface area contributed by atoms with E-state index in [2.05, 4.69) is 18.8 Å². The van der Waals surface area contributed by atoms with E-state index in [1.807, 2.05) is 0 Å². The summed E-state index contributed by atoms with van der Waals surface area (Å²) in [7, 11) is 0. The normalized spacial score (nSPS) is 15.6. The molecule has 1 aliphatic rings. The monoisotopic (exact) mass is 471 g/mol. The van der Waals surface area contributed by atoms with Crippen molar-refractivity contribution in [3.05, 3.63) is 66.2 Å². The molecule has 1 aliphatic heterocycles. The molecule has 1 atom stereocenters. The summed E-state index contributed by atoms with van der Waals surface area (Å²) >= 11 is 11.5. The number of benzene rings is 2. The number of amides is 2. The van der Waals surface area contributed by atoms with Gasteiger partial charge in [-0.25, -0.2) is 4.90 Å². The number of halogens is 1. The Hall–Kier alpha value is -2.90. The molecule has 8 heteroatoms. The Kier molecular flexibility index (Phi) is 8.25. The molecule has 1 N–H and O–H groups in total. The lowest BCUT2D eigenvalue weighted by molar-refractivity contribution is -0.122. The summed E-state index contributed by atoms with van der Waals surface area (Å²) in [6, 6.07) is 13.3. The summed E-state index contributed by atoms with van der Waals surface area (Å²) in [6.07, 6.45) is 3.70. The van der Waals surface area contributed by atoms with Gasteiger partial charge in [-0.1, -0.05) is 31.0 Å². The van der Waals surface area contributed by atoms with Crippen molar-refractivity contribution in [2.45, 2.75) is 32.2 Å². The van der Waals surface area contributed by atoms with Crippen LogP contribution in [0.2, 0.25) is 5.02 Å². The Morgan fingerprint density at radius 3 is 2.56 bits per heavy atom. The molecule has 2 aromatic rings. The molecule has 1 fully saturated rings. The van der Waals surface area contributed by atoms with E-state index in [4.69, 9.17) is 28.6 Å². The number of anilines is 2. The number of nitrogens with one attached hydrogen (secondary N) is 1. The van der Waals surface area contributed by atoms with Crippen molar-refractivity contribution in [3.8, 4) is 5.75 Å². The molecule has 0 unspecified atom stereocenters. The molecule has 0 bridgehead atoms. The quantitative estimate of drug-likeness (QED) is 0.239. The molecule has 0 radical (unpaired) electrons. The first-order chi connectivity index (χ1) is 15.4. The molecule has 0 saturated carbocycles. The van der Waals surface area contributed by atoms with Gasteiger partial charge >= 0.3 is 0 Å². The zero-order valence-electron chi connectivity index (χ0n) is 17.9. The fraction of sp³-hybridized carbons (Fsp3) is 0.292. The Labute approximate surface area is 198 Å². The first kappa shape index (κ1) is 23.8. The average Bonchev–Trinajstić information content (AvgIpc) is 3.08. The van der Waals surface area contributed by atoms with Gasteiger partial charge in [-0.3, -0.25) is 9.59 Å². The summed E-state index contributed by atoms with van der Waals surface area (Å²) in [4.78, 5) is 28.9. The predicted octanol–water partition coefficient (Wildman–Crippen LogP) is 5.04. The largest absolute Gasteiger partial charge is 0.494 e. The van der Waals surface area contributed by atoms with Gasteiger partial charge < -0.3 is 15.0 Å². The van der Waals surface area contributed by atoms with Crippen molar-refractivity contribution in [1.29, 1.82) is 0 Å². The van der Waals surface area contributed by atoms with Gasteiger partial charge in [0.05, 0.1) is 18.7 Å². The second-order valence-corrected chi connectivity index (χ2v) is 8.18. The molecule has 32 heavy (non-hydrogen) atoms. The molecule has 2 aromatic carbocycles. The number of rotatable bonds is 9. The third-order valence-corrected chi connectivity index (χ3v) is 5.63. The number of nitrogens with zero attached hydrogens (tertiary/aromatic N) is 2. The van der Waals surface area contributed by atoms with Gasteiger partial charge in [-0.15, -0.1) is 6.58 Å². The van der Waals surface area contributed by atoms with Crippen molar-refractivity contribution < 1.29 is 14.3 Å². The van der Waals surface area contributed by atoms with E-state index in [1.165, 1.54) is 4.90 Å². The van der Waals surface area contributed by atoms with Gasteiger partial charge in [-0.05, 0) is 67.2 Å². The van der Waals surface area contributed by atoms with Crippen molar-refractivity contribution in [3.63, 3.8) is 0 Å². The SMILES string of the molecule is C=CCN(C(=S)Nc1ccc(Cl)cc1)[C@@H]1CC(=O)N(c2ccc(OCCCC)cc2)C1=O. The minimum absolute atomic E-state index is 0.0316. The topological polar surface area (TPSA) is 61.9 Å². The highest BCUT2D eigenvalue weighted by Gasteiger charge is 2.43. The van der Waals surface area contributed by atoms with Crippen LogP contribution < -0.4 is 15.0 Å². The molecule has 1 saturated heterocycles. The van der Waals surface area contributed by atoms with Crippen LogP contribution in [0, 0.1) is 0 Å². The van der Waals surface area contributed by atoms with E-state index >= 15 is 0 Å². The fourth-order valence-electron chi connectivity index (χ4n) is 3.38. The Bertz CT molecular complexity index is 979. The molecule has 0 spiro atoms. The lowest BCUT2D eigenvalue weighted by Crippen LogP contribution is -2.47. The van der Waals surface area contributed by atoms with Crippen LogP contribution in [0.25, 0.3) is 0 Å². The summed E-state index contributed by atoms with van der Waals surface area (Å²) in [5.41, 5.74) is 1.25. The van der Waals surface area contributed by atoms with E-state index in [9.17, 15) is 9.59 Å². The van der Waals surface area contributed by atoms with Crippen LogP contribution in [-0.2, 0) is 9.59 Å². The maximum atomic E-state index is 13.2. The van der Waals surface area contributed by atoms with Crippen LogP contribution in [0.5, 0.6) is 5.75 Å². The van der Waals surface area contributed by atoms with E-state index in [1.54, 1.807) is 59.5 Å². The average molecular weight is 472 g/mol. The third-order valence-electron chi connectivity index (χ3n) is 5.04. The summed E-state index contributed by atoms with van der Waals surface area (Å²) in [6.45, 7) is 6.81. The van der Waals surface area contributed by atoms with Crippen molar-refractivity contribution in [2.24, 2.45) is 0 Å². The molecular formula is C24H26ClN3O3S. The number of hydrogen-bond acceptors (Lipinski definition) is 4. The van der Waals surface area contributed by atoms with E-state index in [-0.39, 0.29) is 18.2 Å². The van der Waals surface area contributed by atoms with Crippen molar-refractivity contribution in [1.82, 2.24) is 4.90 Å². The number of imide groups is 1. The van der Waals surface area contributed by atoms with Gasteiger partial charge in [-0.2, -0.15) is 0 Å². The molecule has 6 nitrogen and oxygen atoms in total. The maximum absolute atomic E-state index is 13.2. The zero-order chi connectivity index (χ0) is 23.1. The third kappa shape index (κ3) is 5.66. The number of ether oxygens (including phenoxy) is 1. The van der Waals surface area contributed by atoms with Crippen LogP contribution in [0.15, 0.2) is 61.2 Å². The first-order valence-electron chi connectivity index (χ1n) is 10.5. The molecular weight excluding hydrogens is 446 g/mol. The Morgan fingerprint density at radius 2 is 1.94 bits per heavy atom. The van der Waals surface area contributed by atoms with Crippen molar-refractivity contribution in [2.75, 3.05) is 23.4 Å². The lowest BCUT2D eigenvalue weighted by Gasteiger charge is -2.29. The number of thiocarbonyl (C=S) groups is 1. The summed E-state index contributed by atoms with van der Waals surface area (Å²) < 4.78 is 5.66. The van der Waals surface area contributed by atoms with Gasteiger partial charge in [0.25, 0.3) is 5.91 Å². The Morgan fingerprint density at radius 1 is 1.25 bits per heavy atom. The van der Waals surface area contributed by atoms with Crippen molar-refractivity contribution >= 4 is 52.1 Å². The molecule has 2 amide bonds. The fourth-order valence-corrected chi connectivity index (χ4v) is 3.82. The minimum Gasteiger partial charge on any atom is -0.494 e. The van der Waals surface area contributed by atoms with E-state index < -0.39 is 6.04 Å². The van der Waals surface area contributed by atoms with Gasteiger partial charge in [0, 0.05) is 17.3 Å². The van der Waals surface area contributed by atoms with Crippen LogP contribution in [0.1, 0.15) is 26.2 Å². The summed E-state index contributed by atoms with van der Waals surface area (Å²) in [5, 5.41) is 4.05. The van der Waals surface area contributed by atoms with E-state index in [0.29, 0.717) is 34.7 Å². The second-order valence-electron chi connectivity index (χ2n) is 7.36. The summed E-state index contributed by atoms with van der Waals surface area (Å²) in [5.74, 6) is 0.110. The van der Waals surface area contributed by atoms with Crippen LogP contribution in [0.4, 0.5) is 11.4 Å².